The molecular weight excluding hydrogens is 392 g/mol. The highest BCUT2D eigenvalue weighted by Crippen LogP contribution is 2.42. The van der Waals surface area contributed by atoms with Gasteiger partial charge in [-0.2, -0.15) is 0 Å². The highest BCUT2D eigenvalue weighted by atomic mass is 35.5. The fourth-order valence-corrected chi connectivity index (χ4v) is 4.55. The highest BCUT2D eigenvalue weighted by Gasteiger charge is 2.21. The van der Waals surface area contributed by atoms with E-state index in [0.717, 1.165) is 49.8 Å². The molecule has 0 bridgehead atoms. The molecule has 0 amide bonds. The molecule has 6 aromatic rings. The molecule has 30 heavy (non-hydrogen) atoms. The number of hydrogen-bond acceptors (Lipinski definition) is 2. The molecule has 0 unspecified atom stereocenters. The standard InChI is InChI=1S/C26H17ClN2O/c27-24-17(11-7-12-20(24)28)16-8-1-4-13-21(16)29-22-14-5-2-9-18(22)26-25(29)19-10-3-6-15-23(19)30-26/h1-15H,28H2. The van der Waals surface area contributed by atoms with Crippen LogP contribution in [0, 0.1) is 0 Å². The number of fused-ring (bicyclic) bond motifs is 5. The van der Waals surface area contributed by atoms with Crippen LogP contribution in [0.4, 0.5) is 5.69 Å². The van der Waals surface area contributed by atoms with E-state index in [4.69, 9.17) is 21.8 Å². The third-order valence-electron chi connectivity index (χ3n) is 5.65. The van der Waals surface area contributed by atoms with Gasteiger partial charge in [-0.1, -0.05) is 66.2 Å². The Balaban J connectivity index is 1.80. The Morgan fingerprint density at radius 2 is 1.40 bits per heavy atom. The van der Waals surface area contributed by atoms with Gasteiger partial charge in [0.25, 0.3) is 0 Å². The summed E-state index contributed by atoms with van der Waals surface area (Å²) < 4.78 is 8.56. The van der Waals surface area contributed by atoms with Gasteiger partial charge in [-0.15, -0.1) is 0 Å². The molecule has 0 aliphatic heterocycles. The zero-order valence-corrected chi connectivity index (χ0v) is 16.7. The Bertz CT molecular complexity index is 1570. The molecule has 2 heterocycles. The van der Waals surface area contributed by atoms with Crippen molar-refractivity contribution in [3.63, 3.8) is 0 Å². The molecule has 0 saturated carbocycles. The number of anilines is 1. The van der Waals surface area contributed by atoms with Crippen molar-refractivity contribution in [3.8, 4) is 16.8 Å². The number of halogens is 1. The topological polar surface area (TPSA) is 44.1 Å². The maximum Gasteiger partial charge on any atom is 0.161 e. The molecule has 0 atom stereocenters. The Kier molecular flexibility index (Phi) is 3.67. The van der Waals surface area contributed by atoms with Gasteiger partial charge in [0, 0.05) is 21.9 Å². The summed E-state index contributed by atoms with van der Waals surface area (Å²) in [4.78, 5) is 0. The summed E-state index contributed by atoms with van der Waals surface area (Å²) >= 11 is 6.62. The minimum absolute atomic E-state index is 0.565. The molecule has 2 N–H and O–H groups in total. The van der Waals surface area contributed by atoms with Gasteiger partial charge in [-0.3, -0.25) is 0 Å². The van der Waals surface area contributed by atoms with Crippen LogP contribution in [-0.4, -0.2) is 4.57 Å². The lowest BCUT2D eigenvalue weighted by Crippen LogP contribution is -1.98. The van der Waals surface area contributed by atoms with E-state index in [-0.39, 0.29) is 0 Å². The summed E-state index contributed by atoms with van der Waals surface area (Å²) in [7, 11) is 0. The first-order valence-corrected chi connectivity index (χ1v) is 10.2. The van der Waals surface area contributed by atoms with E-state index in [1.54, 1.807) is 0 Å². The molecule has 4 heteroatoms. The third-order valence-corrected chi connectivity index (χ3v) is 6.07. The van der Waals surface area contributed by atoms with Crippen LogP contribution in [0.5, 0.6) is 0 Å². The lowest BCUT2D eigenvalue weighted by Gasteiger charge is -2.15. The quantitative estimate of drug-likeness (QED) is 0.303. The van der Waals surface area contributed by atoms with E-state index in [9.17, 15) is 0 Å². The molecule has 0 spiro atoms. The van der Waals surface area contributed by atoms with Crippen LogP contribution in [0.15, 0.2) is 95.4 Å². The van der Waals surface area contributed by atoms with Gasteiger partial charge >= 0.3 is 0 Å². The second kappa shape index (κ2) is 6.41. The zero-order valence-electron chi connectivity index (χ0n) is 16.0. The molecule has 0 saturated heterocycles. The van der Waals surface area contributed by atoms with Gasteiger partial charge in [0.05, 0.1) is 21.9 Å². The molecular formula is C26H17ClN2O. The first kappa shape index (κ1) is 17.2. The van der Waals surface area contributed by atoms with Crippen LogP contribution in [0.2, 0.25) is 5.02 Å². The monoisotopic (exact) mass is 408 g/mol. The smallest absolute Gasteiger partial charge is 0.161 e. The normalized spacial score (nSPS) is 11.6. The van der Waals surface area contributed by atoms with Gasteiger partial charge in [0.1, 0.15) is 11.1 Å². The Morgan fingerprint density at radius 1 is 0.700 bits per heavy atom. The summed E-state index contributed by atoms with van der Waals surface area (Å²) in [6.45, 7) is 0. The lowest BCUT2D eigenvalue weighted by molar-refractivity contribution is 0.673. The zero-order chi connectivity index (χ0) is 20.2. The van der Waals surface area contributed by atoms with Crippen LogP contribution in [0.1, 0.15) is 0 Å². The van der Waals surface area contributed by atoms with Crippen molar-refractivity contribution >= 4 is 50.3 Å². The Morgan fingerprint density at radius 3 is 2.30 bits per heavy atom. The Labute approximate surface area is 177 Å². The van der Waals surface area contributed by atoms with Gasteiger partial charge in [0.15, 0.2) is 5.58 Å². The molecule has 144 valence electrons. The summed E-state index contributed by atoms with van der Waals surface area (Å²) in [6.07, 6.45) is 0. The largest absolute Gasteiger partial charge is 0.454 e. The van der Waals surface area contributed by atoms with E-state index in [1.807, 2.05) is 54.6 Å². The predicted molar refractivity (Wildman–Crippen MR) is 125 cm³/mol. The fraction of sp³-hybridized carbons (Fsp3) is 0. The average Bonchev–Trinajstić information content (AvgIpc) is 3.31. The molecule has 2 aromatic heterocycles. The fourth-order valence-electron chi connectivity index (χ4n) is 4.32. The second-order valence-electron chi connectivity index (χ2n) is 7.35. The third kappa shape index (κ3) is 2.33. The summed E-state index contributed by atoms with van der Waals surface area (Å²) in [6, 6.07) is 30.5. The SMILES string of the molecule is Nc1cccc(-c2ccccc2-n2c3ccccc3c3oc4ccccc4c32)c1Cl. The number of benzene rings is 4. The van der Waals surface area contributed by atoms with Gasteiger partial charge < -0.3 is 14.7 Å². The average molecular weight is 409 g/mol. The van der Waals surface area contributed by atoms with E-state index in [2.05, 4.69) is 41.0 Å². The van der Waals surface area contributed by atoms with Crippen molar-refractivity contribution in [2.75, 3.05) is 5.73 Å². The number of nitrogens with zero attached hydrogens (tertiary/aromatic N) is 1. The minimum Gasteiger partial charge on any atom is -0.454 e. The van der Waals surface area contributed by atoms with Crippen molar-refractivity contribution in [2.24, 2.45) is 0 Å². The van der Waals surface area contributed by atoms with Crippen LogP contribution in [0.25, 0.3) is 49.8 Å². The number of rotatable bonds is 2. The van der Waals surface area contributed by atoms with Crippen molar-refractivity contribution in [1.82, 2.24) is 4.57 Å². The molecule has 0 aliphatic rings. The van der Waals surface area contributed by atoms with Crippen LogP contribution in [-0.2, 0) is 0 Å². The number of nitrogen functional groups attached to an aromatic ring is 1. The number of aromatic nitrogens is 1. The van der Waals surface area contributed by atoms with E-state index in [0.29, 0.717) is 10.7 Å². The molecule has 3 nitrogen and oxygen atoms in total. The first-order valence-electron chi connectivity index (χ1n) is 9.78. The molecule has 0 radical (unpaired) electrons. The molecule has 4 aromatic carbocycles. The maximum atomic E-state index is 6.62. The molecule has 0 aliphatic carbocycles. The summed E-state index contributed by atoms with van der Waals surface area (Å²) in [5.74, 6) is 0. The number of furan rings is 1. The van der Waals surface area contributed by atoms with Crippen molar-refractivity contribution < 1.29 is 4.42 Å². The second-order valence-corrected chi connectivity index (χ2v) is 7.73. The predicted octanol–water partition coefficient (Wildman–Crippen LogP) is 7.43. The number of nitrogens with two attached hydrogens (primary N) is 1. The maximum absolute atomic E-state index is 6.62. The Hall–Kier alpha value is -3.69. The van der Waals surface area contributed by atoms with Crippen molar-refractivity contribution in [2.45, 2.75) is 0 Å². The van der Waals surface area contributed by atoms with Gasteiger partial charge in [0.2, 0.25) is 0 Å². The number of hydrogen-bond donors (Lipinski definition) is 1. The first-order chi connectivity index (χ1) is 14.7. The van der Waals surface area contributed by atoms with Gasteiger partial charge in [-0.25, -0.2) is 0 Å². The minimum atomic E-state index is 0.565. The van der Waals surface area contributed by atoms with E-state index < -0.39 is 0 Å². The molecule has 6 rings (SSSR count). The summed E-state index contributed by atoms with van der Waals surface area (Å²) in [5.41, 5.74) is 13.5. The van der Waals surface area contributed by atoms with Gasteiger partial charge in [-0.05, 0) is 36.4 Å². The number of para-hydroxylation sites is 3. The van der Waals surface area contributed by atoms with Crippen LogP contribution >= 0.6 is 11.6 Å². The van der Waals surface area contributed by atoms with Crippen molar-refractivity contribution in [1.29, 1.82) is 0 Å². The molecule has 0 fully saturated rings. The van der Waals surface area contributed by atoms with Crippen LogP contribution in [0.3, 0.4) is 0 Å². The van der Waals surface area contributed by atoms with E-state index in [1.165, 1.54) is 0 Å². The highest BCUT2D eigenvalue weighted by molar-refractivity contribution is 6.36. The van der Waals surface area contributed by atoms with Crippen molar-refractivity contribution in [3.05, 3.63) is 96.0 Å². The summed E-state index contributed by atoms with van der Waals surface area (Å²) in [5, 5.41) is 2.73. The van der Waals surface area contributed by atoms with E-state index >= 15 is 0 Å². The lowest BCUT2D eigenvalue weighted by atomic mass is 10.0. The van der Waals surface area contributed by atoms with Crippen LogP contribution < -0.4 is 5.73 Å².